The summed E-state index contributed by atoms with van der Waals surface area (Å²) in [5.41, 5.74) is 0.133. The molecule has 7 nitrogen and oxygen atoms in total. The van der Waals surface area contributed by atoms with Crippen LogP contribution in [0.1, 0.15) is 29.8 Å². The number of nitrogens with zero attached hydrogens (tertiary/aromatic N) is 4. The van der Waals surface area contributed by atoms with E-state index in [9.17, 15) is 18.4 Å². The maximum atomic E-state index is 12.6. The number of anilines is 1. The molecule has 0 unspecified atom stereocenters. The average Bonchev–Trinajstić information content (AvgIpc) is 2.59. The molecule has 0 saturated carbocycles. The second-order valence-corrected chi connectivity index (χ2v) is 5.80. The maximum absolute atomic E-state index is 12.6. The lowest BCUT2D eigenvalue weighted by atomic mass is 10.0. The van der Waals surface area contributed by atoms with Gasteiger partial charge >= 0.3 is 0 Å². The van der Waals surface area contributed by atoms with Gasteiger partial charge in [0.1, 0.15) is 17.6 Å². The average molecular weight is 341 g/mol. The van der Waals surface area contributed by atoms with E-state index in [1.807, 2.05) is 0 Å². The molecule has 0 aromatic carbocycles. The number of piperidine rings is 1. The zero-order valence-corrected chi connectivity index (χ0v) is 13.7. The number of halogens is 2. The first kappa shape index (κ1) is 18.0. The molecule has 1 aromatic rings. The van der Waals surface area contributed by atoms with Gasteiger partial charge in [0.05, 0.1) is 18.9 Å². The lowest BCUT2D eigenvalue weighted by Crippen LogP contribution is -2.52. The first-order chi connectivity index (χ1) is 11.4. The Kier molecular flexibility index (Phi) is 5.99. The number of rotatable bonds is 5. The molecule has 0 radical (unpaired) electrons. The van der Waals surface area contributed by atoms with E-state index in [0.29, 0.717) is 18.8 Å². The molecule has 0 bridgehead atoms. The van der Waals surface area contributed by atoms with Crippen LogP contribution in [0.5, 0.6) is 0 Å². The number of hydrogen-bond donors (Lipinski definition) is 1. The number of hydrogen-bond acceptors (Lipinski definition) is 5. The number of carbonyl (C=O) groups excluding carboxylic acids is 2. The van der Waals surface area contributed by atoms with Crippen LogP contribution in [-0.4, -0.2) is 66.3 Å². The van der Waals surface area contributed by atoms with Crippen molar-refractivity contribution in [3.8, 4) is 0 Å². The first-order valence-corrected chi connectivity index (χ1v) is 7.76. The van der Waals surface area contributed by atoms with Gasteiger partial charge in [0.15, 0.2) is 0 Å². The van der Waals surface area contributed by atoms with Gasteiger partial charge < -0.3 is 15.1 Å². The summed E-state index contributed by atoms with van der Waals surface area (Å²) in [5, 5.41) is 2.19. The Morgan fingerprint density at radius 2 is 2.08 bits per heavy atom. The summed E-state index contributed by atoms with van der Waals surface area (Å²) in [5.74, 6) is -0.359. The van der Waals surface area contributed by atoms with Gasteiger partial charge in [-0.15, -0.1) is 0 Å². The van der Waals surface area contributed by atoms with Crippen molar-refractivity contribution in [3.63, 3.8) is 0 Å². The highest BCUT2D eigenvalue weighted by molar-refractivity contribution is 5.96. The molecular weight excluding hydrogens is 320 g/mol. The SMILES string of the molecule is CN(C)c1cnc(C(=O)N2CCCC[C@H]2C(=O)NCC(F)F)cn1. The predicted molar refractivity (Wildman–Crippen MR) is 84.0 cm³/mol. The molecule has 9 heteroatoms. The Labute approximate surface area is 139 Å². The van der Waals surface area contributed by atoms with Crippen LogP contribution in [0, 0.1) is 0 Å². The summed E-state index contributed by atoms with van der Waals surface area (Å²) in [6.07, 6.45) is 2.19. The van der Waals surface area contributed by atoms with Gasteiger partial charge in [-0.2, -0.15) is 0 Å². The zero-order valence-electron chi connectivity index (χ0n) is 13.7. The van der Waals surface area contributed by atoms with Crippen LogP contribution in [0.4, 0.5) is 14.6 Å². The molecule has 1 saturated heterocycles. The Morgan fingerprint density at radius 3 is 2.67 bits per heavy atom. The lowest BCUT2D eigenvalue weighted by molar-refractivity contribution is -0.127. The Morgan fingerprint density at radius 1 is 1.33 bits per heavy atom. The van der Waals surface area contributed by atoms with Crippen LogP contribution in [0.25, 0.3) is 0 Å². The van der Waals surface area contributed by atoms with E-state index in [1.165, 1.54) is 17.3 Å². The van der Waals surface area contributed by atoms with Crippen LogP contribution in [0.15, 0.2) is 12.4 Å². The van der Waals surface area contributed by atoms with E-state index in [2.05, 4.69) is 15.3 Å². The van der Waals surface area contributed by atoms with Gasteiger partial charge in [0.2, 0.25) is 5.91 Å². The number of likely N-dealkylation sites (tertiary alicyclic amines) is 1. The standard InChI is InChI=1S/C15H21F2N5O2/c1-21(2)13-9-18-10(7-19-13)15(24)22-6-4-3-5-11(22)14(23)20-8-12(16)17/h7,9,11-12H,3-6,8H2,1-2H3,(H,20,23)/t11-/m0/s1. The van der Waals surface area contributed by atoms with Crippen LogP contribution in [-0.2, 0) is 4.79 Å². The summed E-state index contributed by atoms with van der Waals surface area (Å²) in [7, 11) is 3.61. The summed E-state index contributed by atoms with van der Waals surface area (Å²) < 4.78 is 24.5. The van der Waals surface area contributed by atoms with E-state index in [0.717, 1.165) is 12.8 Å². The number of amides is 2. The largest absolute Gasteiger partial charge is 0.361 e. The molecule has 2 rings (SSSR count). The number of aromatic nitrogens is 2. The molecular formula is C15H21F2N5O2. The Balaban J connectivity index is 2.11. The third-order valence-electron chi connectivity index (χ3n) is 3.81. The highest BCUT2D eigenvalue weighted by Crippen LogP contribution is 2.19. The molecule has 0 spiro atoms. The van der Waals surface area contributed by atoms with E-state index in [4.69, 9.17) is 0 Å². The van der Waals surface area contributed by atoms with Crippen molar-refractivity contribution < 1.29 is 18.4 Å². The number of alkyl halides is 2. The van der Waals surface area contributed by atoms with Crippen LogP contribution < -0.4 is 10.2 Å². The molecule has 24 heavy (non-hydrogen) atoms. The highest BCUT2D eigenvalue weighted by atomic mass is 19.3. The fourth-order valence-electron chi connectivity index (χ4n) is 2.55. The summed E-state index contributed by atoms with van der Waals surface area (Å²) in [6.45, 7) is -0.322. The molecule has 2 heterocycles. The normalized spacial score (nSPS) is 17.7. The van der Waals surface area contributed by atoms with Crippen molar-refractivity contribution in [2.75, 3.05) is 32.1 Å². The minimum absolute atomic E-state index is 0.133. The van der Waals surface area contributed by atoms with E-state index in [-0.39, 0.29) is 5.69 Å². The minimum atomic E-state index is -2.62. The van der Waals surface area contributed by atoms with Gasteiger partial charge in [0, 0.05) is 20.6 Å². The second-order valence-electron chi connectivity index (χ2n) is 5.80. The van der Waals surface area contributed by atoms with Crippen molar-refractivity contribution in [1.29, 1.82) is 0 Å². The Bertz CT molecular complexity index is 580. The van der Waals surface area contributed by atoms with Crippen molar-refractivity contribution >= 4 is 17.6 Å². The molecule has 1 N–H and O–H groups in total. The van der Waals surface area contributed by atoms with Crippen LogP contribution in [0.3, 0.4) is 0 Å². The fraction of sp³-hybridized carbons (Fsp3) is 0.600. The van der Waals surface area contributed by atoms with Gasteiger partial charge in [-0.05, 0) is 19.3 Å². The van der Waals surface area contributed by atoms with Gasteiger partial charge in [0.25, 0.3) is 12.3 Å². The summed E-state index contributed by atoms with van der Waals surface area (Å²) in [6, 6.07) is -0.750. The van der Waals surface area contributed by atoms with Gasteiger partial charge in [-0.1, -0.05) is 0 Å². The quantitative estimate of drug-likeness (QED) is 0.862. The molecule has 132 valence electrons. The summed E-state index contributed by atoms with van der Waals surface area (Å²) in [4.78, 5) is 36.1. The van der Waals surface area contributed by atoms with E-state index < -0.39 is 30.8 Å². The lowest BCUT2D eigenvalue weighted by Gasteiger charge is -2.34. The third kappa shape index (κ3) is 4.36. The smallest absolute Gasteiger partial charge is 0.274 e. The van der Waals surface area contributed by atoms with Crippen LogP contribution in [0.2, 0.25) is 0 Å². The first-order valence-electron chi connectivity index (χ1n) is 7.76. The molecule has 1 aliphatic heterocycles. The predicted octanol–water partition coefficient (Wildman–Crippen LogP) is 0.919. The number of nitrogens with one attached hydrogen (secondary N) is 1. The van der Waals surface area contributed by atoms with Gasteiger partial charge in [-0.3, -0.25) is 9.59 Å². The molecule has 1 aromatic heterocycles. The van der Waals surface area contributed by atoms with E-state index >= 15 is 0 Å². The monoisotopic (exact) mass is 341 g/mol. The van der Waals surface area contributed by atoms with Crippen molar-refractivity contribution in [1.82, 2.24) is 20.2 Å². The van der Waals surface area contributed by atoms with Crippen molar-refractivity contribution in [2.45, 2.75) is 31.7 Å². The Hall–Kier alpha value is -2.32. The number of carbonyl (C=O) groups is 2. The summed E-state index contributed by atoms with van der Waals surface area (Å²) >= 11 is 0. The molecule has 2 amide bonds. The second kappa shape index (κ2) is 7.98. The molecule has 1 fully saturated rings. The van der Waals surface area contributed by atoms with Crippen molar-refractivity contribution in [3.05, 3.63) is 18.1 Å². The third-order valence-corrected chi connectivity index (χ3v) is 3.81. The highest BCUT2D eigenvalue weighted by Gasteiger charge is 2.33. The van der Waals surface area contributed by atoms with E-state index in [1.54, 1.807) is 19.0 Å². The molecule has 1 atom stereocenters. The van der Waals surface area contributed by atoms with Crippen LogP contribution >= 0.6 is 0 Å². The van der Waals surface area contributed by atoms with Crippen molar-refractivity contribution in [2.24, 2.45) is 0 Å². The fourth-order valence-corrected chi connectivity index (χ4v) is 2.55. The minimum Gasteiger partial charge on any atom is -0.361 e. The molecule has 0 aliphatic carbocycles. The van der Waals surface area contributed by atoms with Gasteiger partial charge in [-0.25, -0.2) is 18.7 Å². The zero-order chi connectivity index (χ0) is 17.7. The molecule has 1 aliphatic rings. The maximum Gasteiger partial charge on any atom is 0.274 e. The topological polar surface area (TPSA) is 78.4 Å².